The highest BCUT2D eigenvalue weighted by atomic mass is 15.2. The third kappa shape index (κ3) is 13.9. The molecule has 1 rings (SSSR count). The molecule has 0 atom stereocenters. The summed E-state index contributed by atoms with van der Waals surface area (Å²) in [5.41, 5.74) is 0. The van der Waals surface area contributed by atoms with E-state index in [1.54, 1.807) is 0 Å². The molecule has 0 radical (unpaired) electrons. The van der Waals surface area contributed by atoms with Crippen LogP contribution in [0.4, 0.5) is 0 Å². The van der Waals surface area contributed by atoms with Crippen LogP contribution in [0.2, 0.25) is 0 Å². The van der Waals surface area contributed by atoms with Gasteiger partial charge in [0.05, 0.1) is 0 Å². The van der Waals surface area contributed by atoms with Crippen LogP contribution >= 0.6 is 0 Å². The number of piperazine rings is 1. The van der Waals surface area contributed by atoms with E-state index < -0.39 is 0 Å². The number of unbranched alkanes of at least 4 members (excludes halogenated alkanes) is 1. The molecule has 0 spiro atoms. The normalized spacial score (nSPS) is 15.8. The van der Waals surface area contributed by atoms with E-state index in [1.165, 1.54) is 52.0 Å². The summed E-state index contributed by atoms with van der Waals surface area (Å²) in [4.78, 5) is 2.54. The molecule has 0 amide bonds. The molecular weight excluding hydrogens is 184 g/mol. The maximum absolute atomic E-state index is 3.35. The van der Waals surface area contributed by atoms with Crippen molar-refractivity contribution in [3.63, 3.8) is 0 Å². The first-order chi connectivity index (χ1) is 7.35. The van der Waals surface area contributed by atoms with Crippen molar-refractivity contribution in [1.82, 2.24) is 10.2 Å². The summed E-state index contributed by atoms with van der Waals surface area (Å²) >= 11 is 0. The first-order valence-corrected chi connectivity index (χ1v) is 6.78. The molecule has 15 heavy (non-hydrogen) atoms. The topological polar surface area (TPSA) is 15.3 Å². The Kier molecular flexibility index (Phi) is 18.9. The van der Waals surface area contributed by atoms with Crippen molar-refractivity contribution in [1.29, 1.82) is 0 Å². The smallest absolute Gasteiger partial charge is 0.0107 e. The molecule has 2 heteroatoms. The molecule has 0 saturated carbocycles. The second-order valence-electron chi connectivity index (χ2n) is 3.65. The Balaban J connectivity index is 0. The summed E-state index contributed by atoms with van der Waals surface area (Å²) in [7, 11) is 0. The number of hydrogen-bond donors (Lipinski definition) is 1. The highest BCUT2D eigenvalue weighted by Crippen LogP contribution is 1.95. The van der Waals surface area contributed by atoms with E-state index in [4.69, 9.17) is 0 Å². The molecule has 0 aliphatic carbocycles. The zero-order valence-corrected chi connectivity index (χ0v) is 11.6. The molecule has 0 aromatic carbocycles. The molecule has 1 aliphatic rings. The minimum Gasteiger partial charge on any atom is -0.314 e. The van der Waals surface area contributed by atoms with Gasteiger partial charge in [-0.1, -0.05) is 47.5 Å². The van der Waals surface area contributed by atoms with Crippen molar-refractivity contribution >= 4 is 0 Å². The first kappa shape index (κ1) is 17.3. The fourth-order valence-electron chi connectivity index (χ4n) is 1.32. The quantitative estimate of drug-likeness (QED) is 0.780. The van der Waals surface area contributed by atoms with E-state index >= 15 is 0 Å². The number of hydrogen-bond acceptors (Lipinski definition) is 2. The highest BCUT2D eigenvalue weighted by molar-refractivity contribution is 4.66. The summed E-state index contributed by atoms with van der Waals surface area (Å²) in [6.07, 6.45) is 3.93. The first-order valence-electron chi connectivity index (χ1n) is 6.78. The Labute approximate surface area is 97.4 Å². The lowest BCUT2D eigenvalue weighted by molar-refractivity contribution is 0.238. The lowest BCUT2D eigenvalue weighted by atomic mass is 10.3. The van der Waals surface area contributed by atoms with E-state index in [1.807, 2.05) is 13.8 Å². The highest BCUT2D eigenvalue weighted by Gasteiger charge is 2.06. The average molecular weight is 216 g/mol. The molecule has 0 aromatic heterocycles. The molecule has 1 saturated heterocycles. The number of nitrogens with one attached hydrogen (secondary N) is 1. The van der Waals surface area contributed by atoms with Crippen molar-refractivity contribution in [2.75, 3.05) is 32.7 Å². The van der Waals surface area contributed by atoms with Crippen molar-refractivity contribution in [2.45, 2.75) is 53.9 Å². The zero-order chi connectivity index (χ0) is 11.9. The summed E-state index contributed by atoms with van der Waals surface area (Å²) in [6, 6.07) is 0. The maximum Gasteiger partial charge on any atom is 0.0107 e. The standard InChI is InChI=1S/C8H18N2.C3H8.C2H6/c1-2-3-6-10-7-4-9-5-8-10;1-3-2;1-2/h9H,2-8H2,1H3;3H2,1-2H3;1-2H3. The molecule has 0 aromatic rings. The SMILES string of the molecule is CC.CCC.CCCCN1CCNCC1. The monoisotopic (exact) mass is 216 g/mol. The number of nitrogens with zero attached hydrogens (tertiary/aromatic N) is 1. The lowest BCUT2D eigenvalue weighted by Crippen LogP contribution is -2.43. The van der Waals surface area contributed by atoms with Gasteiger partial charge in [-0.05, 0) is 13.0 Å². The average Bonchev–Trinajstić information content (AvgIpc) is 2.31. The largest absolute Gasteiger partial charge is 0.314 e. The van der Waals surface area contributed by atoms with E-state index in [0.717, 1.165) is 0 Å². The van der Waals surface area contributed by atoms with E-state index in [2.05, 4.69) is 31.0 Å². The minimum atomic E-state index is 1.18. The van der Waals surface area contributed by atoms with E-state index in [-0.39, 0.29) is 0 Å². The van der Waals surface area contributed by atoms with Gasteiger partial charge in [0, 0.05) is 26.2 Å². The van der Waals surface area contributed by atoms with E-state index in [0.29, 0.717) is 0 Å². The predicted molar refractivity (Wildman–Crippen MR) is 71.5 cm³/mol. The van der Waals surface area contributed by atoms with Gasteiger partial charge in [0.15, 0.2) is 0 Å². The molecular formula is C13H32N2. The van der Waals surface area contributed by atoms with Crippen molar-refractivity contribution in [3.8, 4) is 0 Å². The predicted octanol–water partition coefficient (Wildman–Crippen LogP) is 3.13. The van der Waals surface area contributed by atoms with Crippen molar-refractivity contribution in [2.24, 2.45) is 0 Å². The molecule has 0 unspecified atom stereocenters. The summed E-state index contributed by atoms with van der Waals surface area (Å²) in [5.74, 6) is 0. The van der Waals surface area contributed by atoms with Crippen LogP contribution in [0.15, 0.2) is 0 Å². The van der Waals surface area contributed by atoms with Gasteiger partial charge in [-0.3, -0.25) is 0 Å². The lowest BCUT2D eigenvalue weighted by Gasteiger charge is -2.26. The molecule has 1 N–H and O–H groups in total. The molecule has 0 bridgehead atoms. The molecule has 1 fully saturated rings. The Bertz CT molecular complexity index is 88.5. The van der Waals surface area contributed by atoms with Crippen LogP contribution < -0.4 is 5.32 Å². The van der Waals surface area contributed by atoms with Gasteiger partial charge in [-0.15, -0.1) is 0 Å². The fraction of sp³-hybridized carbons (Fsp3) is 1.00. The second-order valence-corrected chi connectivity index (χ2v) is 3.65. The van der Waals surface area contributed by atoms with Crippen LogP contribution in [0.25, 0.3) is 0 Å². The number of rotatable bonds is 3. The fourth-order valence-corrected chi connectivity index (χ4v) is 1.32. The molecule has 1 heterocycles. The van der Waals surface area contributed by atoms with Crippen LogP contribution in [0.5, 0.6) is 0 Å². The summed E-state index contributed by atoms with van der Waals surface area (Å²) < 4.78 is 0. The van der Waals surface area contributed by atoms with Crippen LogP contribution in [0, 0.1) is 0 Å². The van der Waals surface area contributed by atoms with Gasteiger partial charge < -0.3 is 10.2 Å². The zero-order valence-electron chi connectivity index (χ0n) is 11.6. The third-order valence-corrected chi connectivity index (χ3v) is 2.04. The van der Waals surface area contributed by atoms with Gasteiger partial charge in [-0.2, -0.15) is 0 Å². The Morgan fingerprint density at radius 3 is 1.87 bits per heavy atom. The van der Waals surface area contributed by atoms with Crippen molar-refractivity contribution < 1.29 is 0 Å². The Morgan fingerprint density at radius 2 is 1.47 bits per heavy atom. The molecule has 2 nitrogen and oxygen atoms in total. The maximum atomic E-state index is 3.35. The minimum absolute atomic E-state index is 1.18. The Morgan fingerprint density at radius 1 is 1.00 bits per heavy atom. The Hall–Kier alpha value is -0.0800. The molecule has 94 valence electrons. The van der Waals surface area contributed by atoms with Gasteiger partial charge in [0.1, 0.15) is 0 Å². The van der Waals surface area contributed by atoms with Crippen LogP contribution in [0.3, 0.4) is 0 Å². The van der Waals surface area contributed by atoms with Crippen molar-refractivity contribution in [3.05, 3.63) is 0 Å². The van der Waals surface area contributed by atoms with Gasteiger partial charge in [0.2, 0.25) is 0 Å². The summed E-state index contributed by atoms with van der Waals surface area (Å²) in [5, 5.41) is 3.35. The van der Waals surface area contributed by atoms with Gasteiger partial charge >= 0.3 is 0 Å². The van der Waals surface area contributed by atoms with E-state index in [9.17, 15) is 0 Å². The molecule has 1 aliphatic heterocycles. The van der Waals surface area contributed by atoms with Crippen LogP contribution in [-0.2, 0) is 0 Å². The third-order valence-electron chi connectivity index (χ3n) is 2.04. The second kappa shape index (κ2) is 16.4. The van der Waals surface area contributed by atoms with Gasteiger partial charge in [-0.25, -0.2) is 0 Å². The van der Waals surface area contributed by atoms with Gasteiger partial charge in [0.25, 0.3) is 0 Å². The van der Waals surface area contributed by atoms with Crippen LogP contribution in [0.1, 0.15) is 53.9 Å². The van der Waals surface area contributed by atoms with Crippen LogP contribution in [-0.4, -0.2) is 37.6 Å². The summed E-state index contributed by atoms with van der Waals surface area (Å²) in [6.45, 7) is 16.7.